The Morgan fingerprint density at radius 1 is 1.29 bits per heavy atom. The van der Waals surface area contributed by atoms with Gasteiger partial charge in [0.1, 0.15) is 18.2 Å². The number of halogens is 3. The fourth-order valence-electron chi connectivity index (χ4n) is 1.37. The highest BCUT2D eigenvalue weighted by Crippen LogP contribution is 2.23. The van der Waals surface area contributed by atoms with Crippen molar-refractivity contribution in [3.8, 4) is 5.75 Å². The third-order valence-corrected chi connectivity index (χ3v) is 4.07. The molecule has 1 aromatic carbocycles. The van der Waals surface area contributed by atoms with E-state index < -0.39 is 0 Å². The molecule has 0 fully saturated rings. The van der Waals surface area contributed by atoms with Crippen LogP contribution < -0.4 is 4.74 Å². The van der Waals surface area contributed by atoms with Crippen LogP contribution in [0.5, 0.6) is 5.75 Å². The summed E-state index contributed by atoms with van der Waals surface area (Å²) in [6.07, 6.45) is 0. The van der Waals surface area contributed by atoms with Gasteiger partial charge < -0.3 is 4.74 Å². The van der Waals surface area contributed by atoms with Gasteiger partial charge in [0.25, 0.3) is 0 Å². The molecule has 0 spiro atoms. The largest absolute Gasteiger partial charge is 0.488 e. The zero-order valence-corrected chi connectivity index (χ0v) is 11.9. The minimum Gasteiger partial charge on any atom is -0.488 e. The molecular weight excluding hydrogens is 327 g/mol. The van der Waals surface area contributed by atoms with Crippen molar-refractivity contribution in [2.24, 2.45) is 0 Å². The van der Waals surface area contributed by atoms with Gasteiger partial charge in [-0.05, 0) is 39.7 Å². The molecule has 5 heteroatoms. The van der Waals surface area contributed by atoms with Gasteiger partial charge in [-0.1, -0.05) is 0 Å². The van der Waals surface area contributed by atoms with Gasteiger partial charge in [-0.2, -0.15) is 0 Å². The first-order chi connectivity index (χ1) is 8.17. The van der Waals surface area contributed by atoms with E-state index in [2.05, 4.69) is 15.9 Å². The van der Waals surface area contributed by atoms with Crippen LogP contribution in [0, 0.1) is 5.82 Å². The second kappa shape index (κ2) is 5.85. The topological polar surface area (TPSA) is 9.23 Å². The Bertz CT molecular complexity index is 515. The van der Waals surface area contributed by atoms with Crippen LogP contribution in [0.2, 0.25) is 0 Å². The van der Waals surface area contributed by atoms with Crippen LogP contribution in [-0.2, 0) is 12.5 Å². The third-order valence-electron chi connectivity index (χ3n) is 2.09. The zero-order valence-electron chi connectivity index (χ0n) is 8.75. The molecule has 0 aliphatic heterocycles. The summed E-state index contributed by atoms with van der Waals surface area (Å²) in [4.78, 5) is 1.08. The maximum absolute atomic E-state index is 13.2. The van der Waals surface area contributed by atoms with Gasteiger partial charge in [0.05, 0.1) is 0 Å². The molecule has 0 bridgehead atoms. The summed E-state index contributed by atoms with van der Waals surface area (Å²) in [6, 6.07) is 6.49. The Labute approximate surface area is 116 Å². The molecule has 0 saturated carbocycles. The number of ether oxygens (including phenoxy) is 1. The van der Waals surface area contributed by atoms with Crippen LogP contribution in [0.25, 0.3) is 0 Å². The van der Waals surface area contributed by atoms with E-state index in [4.69, 9.17) is 16.3 Å². The number of hydrogen-bond donors (Lipinski definition) is 0. The van der Waals surface area contributed by atoms with Crippen molar-refractivity contribution in [3.63, 3.8) is 0 Å². The van der Waals surface area contributed by atoms with Gasteiger partial charge in [0, 0.05) is 26.7 Å². The van der Waals surface area contributed by atoms with Crippen LogP contribution in [0.1, 0.15) is 10.4 Å². The lowest BCUT2D eigenvalue weighted by atomic mass is 10.2. The summed E-state index contributed by atoms with van der Waals surface area (Å²) in [6.45, 7) is 0.432. The molecule has 2 aromatic rings. The molecule has 0 atom stereocenters. The van der Waals surface area contributed by atoms with Crippen LogP contribution >= 0.6 is 38.9 Å². The number of thiophene rings is 1. The summed E-state index contributed by atoms with van der Waals surface area (Å²) in [5.41, 5.74) is 0.717. The summed E-state index contributed by atoms with van der Waals surface area (Å²) in [7, 11) is 0. The van der Waals surface area contributed by atoms with E-state index >= 15 is 0 Å². The minimum atomic E-state index is -0.328. The highest BCUT2D eigenvalue weighted by atomic mass is 79.9. The Morgan fingerprint density at radius 3 is 2.76 bits per heavy atom. The molecule has 0 radical (unpaired) electrons. The first kappa shape index (κ1) is 12.9. The summed E-state index contributed by atoms with van der Waals surface area (Å²) in [5.74, 6) is 0.453. The van der Waals surface area contributed by atoms with E-state index in [1.807, 2.05) is 11.4 Å². The van der Waals surface area contributed by atoms with Crippen molar-refractivity contribution in [2.75, 3.05) is 0 Å². The SMILES string of the molecule is Fc1cc(CCl)cc(OCc2cc(Br)cs2)c1. The molecule has 2 rings (SSSR count). The Kier molecular flexibility index (Phi) is 4.42. The zero-order chi connectivity index (χ0) is 12.3. The van der Waals surface area contributed by atoms with Crippen LogP contribution in [0.3, 0.4) is 0 Å². The van der Waals surface area contributed by atoms with Crippen LogP contribution in [0.4, 0.5) is 4.39 Å². The van der Waals surface area contributed by atoms with Crippen molar-refractivity contribution >= 4 is 38.9 Å². The average molecular weight is 336 g/mol. The monoisotopic (exact) mass is 334 g/mol. The smallest absolute Gasteiger partial charge is 0.127 e. The summed E-state index contributed by atoms with van der Waals surface area (Å²) in [5, 5.41) is 1.98. The standard InChI is InChI=1S/C12H9BrClFOS/c13-9-3-12(17-7-9)6-16-11-2-8(5-14)1-10(15)4-11/h1-4,7H,5-6H2. The molecule has 1 heterocycles. The van der Waals surface area contributed by atoms with Gasteiger partial charge in [-0.25, -0.2) is 4.39 Å². The minimum absolute atomic E-state index is 0.276. The number of benzene rings is 1. The molecule has 0 amide bonds. The second-order valence-electron chi connectivity index (χ2n) is 3.45. The van der Waals surface area contributed by atoms with Gasteiger partial charge in [-0.3, -0.25) is 0 Å². The highest BCUT2D eigenvalue weighted by molar-refractivity contribution is 9.10. The fourth-order valence-corrected chi connectivity index (χ4v) is 2.88. The van der Waals surface area contributed by atoms with Crippen molar-refractivity contribution in [2.45, 2.75) is 12.5 Å². The first-order valence-electron chi connectivity index (χ1n) is 4.88. The molecule has 1 aromatic heterocycles. The second-order valence-corrected chi connectivity index (χ2v) is 5.63. The lowest BCUT2D eigenvalue weighted by Crippen LogP contribution is -1.94. The molecule has 0 aliphatic carbocycles. The molecule has 0 unspecified atom stereocenters. The number of rotatable bonds is 4. The highest BCUT2D eigenvalue weighted by Gasteiger charge is 2.03. The first-order valence-corrected chi connectivity index (χ1v) is 7.09. The van der Waals surface area contributed by atoms with E-state index in [1.165, 1.54) is 12.1 Å². The molecule has 0 N–H and O–H groups in total. The maximum atomic E-state index is 13.2. The quantitative estimate of drug-likeness (QED) is 0.717. The van der Waals surface area contributed by atoms with Gasteiger partial charge in [0.2, 0.25) is 0 Å². The Hall–Kier alpha value is -0.580. The average Bonchev–Trinajstić information content (AvgIpc) is 2.72. The predicted molar refractivity (Wildman–Crippen MR) is 72.3 cm³/mol. The van der Waals surface area contributed by atoms with Gasteiger partial charge in [-0.15, -0.1) is 22.9 Å². The van der Waals surface area contributed by atoms with E-state index in [9.17, 15) is 4.39 Å². The normalized spacial score (nSPS) is 10.5. The molecule has 17 heavy (non-hydrogen) atoms. The van der Waals surface area contributed by atoms with Crippen LogP contribution in [-0.4, -0.2) is 0 Å². The third kappa shape index (κ3) is 3.69. The maximum Gasteiger partial charge on any atom is 0.127 e. The summed E-state index contributed by atoms with van der Waals surface area (Å²) < 4.78 is 19.8. The molecule has 0 aliphatic rings. The molecule has 90 valence electrons. The van der Waals surface area contributed by atoms with Crippen LogP contribution in [0.15, 0.2) is 34.1 Å². The van der Waals surface area contributed by atoms with E-state index in [0.717, 1.165) is 9.35 Å². The van der Waals surface area contributed by atoms with Gasteiger partial charge >= 0.3 is 0 Å². The Morgan fingerprint density at radius 2 is 2.12 bits per heavy atom. The number of hydrogen-bond acceptors (Lipinski definition) is 2. The summed E-state index contributed by atoms with van der Waals surface area (Å²) >= 11 is 10.6. The van der Waals surface area contributed by atoms with Crippen molar-refractivity contribution < 1.29 is 9.13 Å². The number of alkyl halides is 1. The predicted octanol–water partition coefficient (Wildman–Crippen LogP) is 4.97. The molecule has 1 nitrogen and oxygen atoms in total. The lowest BCUT2D eigenvalue weighted by molar-refractivity contribution is 0.308. The van der Waals surface area contributed by atoms with E-state index in [0.29, 0.717) is 17.9 Å². The van der Waals surface area contributed by atoms with Crippen molar-refractivity contribution in [1.29, 1.82) is 0 Å². The lowest BCUT2D eigenvalue weighted by Gasteiger charge is -2.06. The van der Waals surface area contributed by atoms with E-state index in [-0.39, 0.29) is 11.7 Å². The molecular formula is C12H9BrClFOS. The van der Waals surface area contributed by atoms with Crippen molar-refractivity contribution in [3.05, 3.63) is 50.4 Å². The van der Waals surface area contributed by atoms with E-state index in [1.54, 1.807) is 17.4 Å². The fraction of sp³-hybridized carbons (Fsp3) is 0.167. The van der Waals surface area contributed by atoms with Gasteiger partial charge in [0.15, 0.2) is 0 Å². The Balaban J connectivity index is 2.05. The molecule has 0 saturated heterocycles. The van der Waals surface area contributed by atoms with Crippen molar-refractivity contribution in [1.82, 2.24) is 0 Å².